The van der Waals surface area contributed by atoms with E-state index in [1.54, 1.807) is 0 Å². The molecule has 0 bridgehead atoms. The molecule has 0 fully saturated rings. The zero-order valence-electron chi connectivity index (χ0n) is 8.87. The Morgan fingerprint density at radius 3 is 2.41 bits per heavy atom. The molecule has 17 heavy (non-hydrogen) atoms. The highest BCUT2D eigenvalue weighted by Crippen LogP contribution is 2.54. The highest BCUT2D eigenvalue weighted by Gasteiger charge is 2.32. The Balaban J connectivity index is 2.34. The molecule has 86 valence electrons. The normalized spacial score (nSPS) is 21.2. The van der Waals surface area contributed by atoms with Crippen molar-refractivity contribution in [2.24, 2.45) is 5.90 Å². The fourth-order valence-corrected chi connectivity index (χ4v) is 4.12. The van der Waals surface area contributed by atoms with E-state index in [-0.39, 0.29) is 0 Å². The van der Waals surface area contributed by atoms with Crippen LogP contribution in [0.5, 0.6) is 5.75 Å². The molecule has 0 aromatic heterocycles. The second kappa shape index (κ2) is 3.93. The van der Waals surface area contributed by atoms with Crippen molar-refractivity contribution in [2.75, 3.05) is 0 Å². The summed E-state index contributed by atoms with van der Waals surface area (Å²) in [6.45, 7) is -2.61. The van der Waals surface area contributed by atoms with Crippen molar-refractivity contribution in [1.82, 2.24) is 0 Å². The smallest absolute Gasteiger partial charge is 0.286 e. The summed E-state index contributed by atoms with van der Waals surface area (Å²) in [6.07, 6.45) is 0. The summed E-state index contributed by atoms with van der Waals surface area (Å²) >= 11 is 5.43. The fourth-order valence-electron chi connectivity index (χ4n) is 1.97. The first-order chi connectivity index (χ1) is 8.24. The first kappa shape index (κ1) is 10.9. The molecule has 5 heteroatoms. The van der Waals surface area contributed by atoms with E-state index in [4.69, 9.17) is 26.9 Å². The van der Waals surface area contributed by atoms with Gasteiger partial charge in [0.1, 0.15) is 5.75 Å². The van der Waals surface area contributed by atoms with Crippen LogP contribution in [0.15, 0.2) is 48.5 Å². The lowest BCUT2D eigenvalue weighted by molar-refractivity contribution is 0.333. The molecule has 1 unspecified atom stereocenters. The van der Waals surface area contributed by atoms with Gasteiger partial charge < -0.3 is 4.52 Å². The summed E-state index contributed by atoms with van der Waals surface area (Å²) < 4.78 is 10.7. The fraction of sp³-hybridized carbons (Fsp3) is 0. The molecular weight excluding hydrogens is 253 g/mol. The zero-order valence-corrected chi connectivity index (χ0v) is 10.6. The highest BCUT2D eigenvalue weighted by atomic mass is 32.5. The third-order valence-electron chi connectivity index (χ3n) is 2.73. The molecule has 0 aliphatic carbocycles. The summed E-state index contributed by atoms with van der Waals surface area (Å²) in [5.41, 5.74) is 2.07. The second-order valence-electron chi connectivity index (χ2n) is 3.71. The highest BCUT2D eigenvalue weighted by molar-refractivity contribution is 8.13. The maximum absolute atomic E-state index is 5.77. The largest absolute Gasteiger partial charge is 0.439 e. The molecule has 1 heterocycles. The minimum absolute atomic E-state index is 0.736. The van der Waals surface area contributed by atoms with Crippen LogP contribution in [0.3, 0.4) is 0 Å². The van der Waals surface area contributed by atoms with Crippen LogP contribution >= 0.6 is 6.49 Å². The van der Waals surface area contributed by atoms with Gasteiger partial charge in [0.05, 0.1) is 5.30 Å². The van der Waals surface area contributed by atoms with Gasteiger partial charge in [-0.15, -0.1) is 0 Å². The Hall–Kier alpha value is -1.19. The van der Waals surface area contributed by atoms with Crippen LogP contribution in [0.4, 0.5) is 0 Å². The Bertz CT molecular complexity index is 629. The van der Waals surface area contributed by atoms with Crippen molar-refractivity contribution in [3.63, 3.8) is 0 Å². The summed E-state index contributed by atoms with van der Waals surface area (Å²) in [4.78, 5) is 0. The summed E-state index contributed by atoms with van der Waals surface area (Å²) in [6, 6.07) is 15.6. The van der Waals surface area contributed by atoms with E-state index in [9.17, 15) is 0 Å². The third kappa shape index (κ3) is 1.61. The van der Waals surface area contributed by atoms with Gasteiger partial charge in [-0.25, -0.2) is 10.5 Å². The van der Waals surface area contributed by atoms with E-state index < -0.39 is 6.49 Å². The first-order valence-corrected chi connectivity index (χ1v) is 7.75. The maximum Gasteiger partial charge on any atom is 0.286 e. The van der Waals surface area contributed by atoms with Crippen molar-refractivity contribution in [3.05, 3.63) is 48.5 Å². The summed E-state index contributed by atoms with van der Waals surface area (Å²) in [7, 11) is 0. The lowest BCUT2D eigenvalue weighted by atomic mass is 10.0. The van der Waals surface area contributed by atoms with Crippen molar-refractivity contribution in [2.45, 2.75) is 0 Å². The Kier molecular flexibility index (Phi) is 2.53. The number of hydrogen-bond donors (Lipinski definition) is 1. The number of rotatable bonds is 1. The van der Waals surface area contributed by atoms with E-state index in [1.807, 2.05) is 48.5 Å². The quantitative estimate of drug-likeness (QED) is 0.634. The van der Waals surface area contributed by atoms with Crippen LogP contribution in [-0.2, 0) is 16.4 Å². The summed E-state index contributed by atoms with van der Waals surface area (Å²) in [5.74, 6) is 6.07. The van der Waals surface area contributed by atoms with E-state index in [2.05, 4.69) is 0 Å². The van der Waals surface area contributed by atoms with Crippen molar-refractivity contribution in [3.8, 4) is 16.9 Å². The third-order valence-corrected chi connectivity index (χ3v) is 5.50. The van der Waals surface area contributed by atoms with Gasteiger partial charge in [0.15, 0.2) is 0 Å². The molecule has 0 amide bonds. The first-order valence-electron chi connectivity index (χ1n) is 5.12. The van der Waals surface area contributed by atoms with Crippen LogP contribution in [0.2, 0.25) is 0 Å². The topological polar surface area (TPSA) is 44.5 Å². The van der Waals surface area contributed by atoms with Crippen LogP contribution in [0.25, 0.3) is 11.1 Å². The van der Waals surface area contributed by atoms with Gasteiger partial charge in [0, 0.05) is 5.56 Å². The van der Waals surface area contributed by atoms with Gasteiger partial charge in [0.2, 0.25) is 0 Å². The predicted octanol–water partition coefficient (Wildman–Crippen LogP) is 2.57. The predicted molar refractivity (Wildman–Crippen MR) is 71.7 cm³/mol. The molecule has 3 rings (SSSR count). The minimum Gasteiger partial charge on any atom is -0.439 e. The van der Waals surface area contributed by atoms with E-state index >= 15 is 0 Å². The number of fused-ring (bicyclic) bond motifs is 3. The van der Waals surface area contributed by atoms with Gasteiger partial charge in [0.25, 0.3) is 6.49 Å². The van der Waals surface area contributed by atoms with Gasteiger partial charge in [-0.2, -0.15) is 0 Å². The van der Waals surface area contributed by atoms with Gasteiger partial charge in [-0.1, -0.05) is 36.4 Å². The molecular formula is C12H10NO2PS. The molecule has 0 saturated carbocycles. The molecule has 1 aliphatic rings. The van der Waals surface area contributed by atoms with E-state index in [0.717, 1.165) is 22.2 Å². The summed E-state index contributed by atoms with van der Waals surface area (Å²) in [5, 5.41) is 0.871. The molecule has 2 aromatic carbocycles. The van der Waals surface area contributed by atoms with Crippen molar-refractivity contribution >= 4 is 23.6 Å². The monoisotopic (exact) mass is 263 g/mol. The van der Waals surface area contributed by atoms with E-state index in [0.29, 0.717) is 0 Å². The zero-order chi connectivity index (χ0) is 11.9. The lowest BCUT2D eigenvalue weighted by Gasteiger charge is -2.29. The lowest BCUT2D eigenvalue weighted by Crippen LogP contribution is -2.20. The number of para-hydroxylation sites is 1. The SMILES string of the molecule is NOP1(=S)Oc2ccccc2-c2ccccc21. The molecule has 0 radical (unpaired) electrons. The number of hydrogen-bond acceptors (Lipinski definition) is 4. The average molecular weight is 263 g/mol. The van der Waals surface area contributed by atoms with Gasteiger partial charge in [-0.3, -0.25) is 0 Å². The molecule has 0 spiro atoms. The van der Waals surface area contributed by atoms with Crippen LogP contribution in [0, 0.1) is 0 Å². The van der Waals surface area contributed by atoms with Crippen LogP contribution in [0.1, 0.15) is 0 Å². The molecule has 3 nitrogen and oxygen atoms in total. The maximum atomic E-state index is 5.77. The van der Waals surface area contributed by atoms with Crippen molar-refractivity contribution < 1.29 is 9.15 Å². The van der Waals surface area contributed by atoms with Crippen LogP contribution in [-0.4, -0.2) is 0 Å². The standard InChI is InChI=1S/C12H10NO2PS/c13-15-16(17)12-8-4-2-6-10(12)9-5-1-3-7-11(9)14-16/h1-8H,13H2. The minimum atomic E-state index is -2.61. The van der Waals surface area contributed by atoms with Crippen LogP contribution < -0.4 is 15.7 Å². The van der Waals surface area contributed by atoms with Crippen molar-refractivity contribution in [1.29, 1.82) is 0 Å². The second-order valence-corrected chi connectivity index (χ2v) is 7.02. The number of benzene rings is 2. The Labute approximate surface area is 104 Å². The van der Waals surface area contributed by atoms with Gasteiger partial charge >= 0.3 is 0 Å². The van der Waals surface area contributed by atoms with Gasteiger partial charge in [-0.05, 0) is 29.5 Å². The molecule has 1 atom stereocenters. The molecule has 1 aliphatic heterocycles. The average Bonchev–Trinajstić information content (AvgIpc) is 2.39. The van der Waals surface area contributed by atoms with E-state index in [1.165, 1.54) is 0 Å². The Morgan fingerprint density at radius 1 is 1.00 bits per heavy atom. The molecule has 2 aromatic rings. The molecule has 2 N–H and O–H groups in total. The number of nitrogens with two attached hydrogens (primary N) is 1. The Morgan fingerprint density at radius 2 is 1.65 bits per heavy atom. The molecule has 0 saturated heterocycles.